The van der Waals surface area contributed by atoms with Gasteiger partial charge in [0, 0.05) is 6.54 Å². The number of hydrogen-bond acceptors (Lipinski definition) is 3. The van der Waals surface area contributed by atoms with Crippen LogP contribution in [0.4, 0.5) is 0 Å². The summed E-state index contributed by atoms with van der Waals surface area (Å²) in [5.41, 5.74) is 1.11. The summed E-state index contributed by atoms with van der Waals surface area (Å²) in [6.07, 6.45) is 1.74. The van der Waals surface area contributed by atoms with Crippen molar-refractivity contribution in [3.63, 3.8) is 0 Å². The molecule has 0 amide bonds. The molecule has 0 saturated heterocycles. The van der Waals surface area contributed by atoms with Gasteiger partial charge in [0.2, 0.25) is 0 Å². The van der Waals surface area contributed by atoms with E-state index in [4.69, 9.17) is 0 Å². The number of hydrogen-bond donors (Lipinski definition) is 3. The van der Waals surface area contributed by atoms with Crippen LogP contribution in [0.5, 0.6) is 5.75 Å². The summed E-state index contributed by atoms with van der Waals surface area (Å²) < 4.78 is 1.39. The first-order chi connectivity index (χ1) is 8.06. The number of rotatable bonds is 4. The van der Waals surface area contributed by atoms with Crippen LogP contribution in [0.25, 0.3) is 0 Å². The Hall–Kier alpha value is -0.100. The molecule has 0 aromatic heterocycles. The Morgan fingerprint density at radius 3 is 2.35 bits per heavy atom. The lowest BCUT2D eigenvalue weighted by Crippen LogP contribution is -2.35. The topological polar surface area (TPSA) is 52.5 Å². The van der Waals surface area contributed by atoms with Crippen LogP contribution >= 0.6 is 31.9 Å². The molecule has 0 radical (unpaired) electrons. The third-order valence-corrected chi connectivity index (χ3v) is 4.26. The molecule has 1 fully saturated rings. The van der Waals surface area contributed by atoms with Crippen LogP contribution in [0.15, 0.2) is 21.1 Å². The number of phenolic OH excluding ortho intramolecular Hbond substituents is 1. The minimum atomic E-state index is -0.0845. The molecule has 0 spiro atoms. The molecule has 3 nitrogen and oxygen atoms in total. The van der Waals surface area contributed by atoms with Crippen LogP contribution in [-0.2, 0) is 6.54 Å². The summed E-state index contributed by atoms with van der Waals surface area (Å²) in [5, 5.41) is 22.1. The molecule has 1 aromatic rings. The molecule has 17 heavy (non-hydrogen) atoms. The normalized spacial score (nSPS) is 23.5. The van der Waals surface area contributed by atoms with E-state index in [-0.39, 0.29) is 11.9 Å². The summed E-state index contributed by atoms with van der Waals surface area (Å²) in [4.78, 5) is 0. The first-order valence-corrected chi connectivity index (χ1v) is 7.20. The van der Waals surface area contributed by atoms with Gasteiger partial charge in [0.05, 0.1) is 15.0 Å². The number of aliphatic hydroxyl groups is 1. The van der Waals surface area contributed by atoms with Crippen molar-refractivity contribution >= 4 is 31.9 Å². The van der Waals surface area contributed by atoms with E-state index in [9.17, 15) is 10.2 Å². The lowest BCUT2D eigenvalue weighted by molar-refractivity contribution is 0.0430. The van der Waals surface area contributed by atoms with Crippen LogP contribution in [0.1, 0.15) is 18.4 Å². The first kappa shape index (κ1) is 13.3. The molecule has 0 bridgehead atoms. The summed E-state index contributed by atoms with van der Waals surface area (Å²) in [5.74, 6) is 0.838. The molecule has 3 N–H and O–H groups in total. The standard InChI is InChI=1S/C12H15Br2NO2/c13-10-3-8(4-11(14)12(10)17)6-15-5-7-1-9(16)2-7/h3-4,7,9,15-17H,1-2,5-6H2. The van der Waals surface area contributed by atoms with Crippen molar-refractivity contribution in [2.75, 3.05) is 6.54 Å². The lowest BCUT2D eigenvalue weighted by atomic mass is 9.82. The highest BCUT2D eigenvalue weighted by atomic mass is 79.9. The zero-order valence-corrected chi connectivity index (χ0v) is 12.5. The second kappa shape index (κ2) is 5.69. The fraction of sp³-hybridized carbons (Fsp3) is 0.500. The fourth-order valence-corrected chi connectivity index (χ4v) is 3.29. The summed E-state index contributed by atoms with van der Waals surface area (Å²) in [7, 11) is 0. The van der Waals surface area contributed by atoms with Gasteiger partial charge in [0.1, 0.15) is 5.75 Å². The van der Waals surface area contributed by atoms with Crippen LogP contribution in [-0.4, -0.2) is 22.9 Å². The van der Waals surface area contributed by atoms with E-state index in [0.717, 1.165) is 31.5 Å². The highest BCUT2D eigenvalue weighted by Gasteiger charge is 2.26. The van der Waals surface area contributed by atoms with Crippen molar-refractivity contribution in [3.8, 4) is 5.75 Å². The molecular weight excluding hydrogens is 350 g/mol. The minimum absolute atomic E-state index is 0.0845. The van der Waals surface area contributed by atoms with E-state index in [1.54, 1.807) is 0 Å². The fourth-order valence-electron chi connectivity index (χ4n) is 2.01. The summed E-state index contributed by atoms with van der Waals surface area (Å²) >= 11 is 6.62. The Labute approximate surface area is 117 Å². The molecule has 5 heteroatoms. The second-order valence-electron chi connectivity index (χ2n) is 4.53. The molecule has 2 rings (SSSR count). The maximum atomic E-state index is 9.58. The molecule has 1 aliphatic carbocycles. The minimum Gasteiger partial charge on any atom is -0.506 e. The summed E-state index contributed by atoms with van der Waals surface area (Å²) in [6, 6.07) is 3.81. The Bertz CT molecular complexity index is 382. The molecular formula is C12H15Br2NO2. The van der Waals surface area contributed by atoms with E-state index in [1.165, 1.54) is 0 Å². The molecule has 0 atom stereocenters. The number of halogens is 2. The Kier molecular flexibility index (Phi) is 4.47. The van der Waals surface area contributed by atoms with Gasteiger partial charge >= 0.3 is 0 Å². The van der Waals surface area contributed by atoms with E-state index in [1.807, 2.05) is 12.1 Å². The second-order valence-corrected chi connectivity index (χ2v) is 6.24. The quantitative estimate of drug-likeness (QED) is 0.769. The number of phenols is 1. The van der Waals surface area contributed by atoms with E-state index in [0.29, 0.717) is 14.9 Å². The van der Waals surface area contributed by atoms with Crippen molar-refractivity contribution in [1.82, 2.24) is 5.32 Å². The lowest BCUT2D eigenvalue weighted by Gasteiger charge is -2.31. The molecule has 0 aliphatic heterocycles. The number of aromatic hydroxyl groups is 1. The average Bonchev–Trinajstić information content (AvgIpc) is 2.23. The Morgan fingerprint density at radius 2 is 1.82 bits per heavy atom. The van der Waals surface area contributed by atoms with Gasteiger partial charge in [0.15, 0.2) is 0 Å². The van der Waals surface area contributed by atoms with Gasteiger partial charge in [-0.25, -0.2) is 0 Å². The first-order valence-electron chi connectivity index (χ1n) is 5.62. The number of nitrogens with one attached hydrogen (secondary N) is 1. The number of aliphatic hydroxyl groups excluding tert-OH is 1. The Balaban J connectivity index is 1.82. The van der Waals surface area contributed by atoms with Crippen LogP contribution in [0.2, 0.25) is 0 Å². The molecule has 1 saturated carbocycles. The Morgan fingerprint density at radius 1 is 1.24 bits per heavy atom. The monoisotopic (exact) mass is 363 g/mol. The van der Waals surface area contributed by atoms with Gasteiger partial charge in [-0.1, -0.05) is 0 Å². The smallest absolute Gasteiger partial charge is 0.143 e. The van der Waals surface area contributed by atoms with Gasteiger partial charge in [-0.3, -0.25) is 0 Å². The predicted octanol–water partition coefficient (Wildman–Crippen LogP) is 2.78. The van der Waals surface area contributed by atoms with Crippen molar-refractivity contribution in [3.05, 3.63) is 26.6 Å². The van der Waals surface area contributed by atoms with Crippen molar-refractivity contribution in [2.24, 2.45) is 5.92 Å². The zero-order valence-electron chi connectivity index (χ0n) is 9.29. The predicted molar refractivity (Wildman–Crippen MR) is 73.9 cm³/mol. The highest BCUT2D eigenvalue weighted by Crippen LogP contribution is 2.33. The molecule has 0 unspecified atom stereocenters. The molecule has 1 aromatic carbocycles. The van der Waals surface area contributed by atoms with Gasteiger partial charge in [-0.15, -0.1) is 0 Å². The van der Waals surface area contributed by atoms with E-state index >= 15 is 0 Å². The maximum Gasteiger partial charge on any atom is 0.143 e. The molecule has 0 heterocycles. The van der Waals surface area contributed by atoms with Crippen LogP contribution in [0, 0.1) is 5.92 Å². The SMILES string of the molecule is Oc1c(Br)cc(CNCC2CC(O)C2)cc1Br. The van der Waals surface area contributed by atoms with Crippen molar-refractivity contribution < 1.29 is 10.2 Å². The van der Waals surface area contributed by atoms with Crippen molar-refractivity contribution in [2.45, 2.75) is 25.5 Å². The van der Waals surface area contributed by atoms with Gasteiger partial charge in [-0.2, -0.15) is 0 Å². The largest absolute Gasteiger partial charge is 0.506 e. The molecule has 1 aliphatic rings. The summed E-state index contributed by atoms with van der Waals surface area (Å²) in [6.45, 7) is 1.71. The zero-order chi connectivity index (χ0) is 12.4. The van der Waals surface area contributed by atoms with Crippen LogP contribution in [0.3, 0.4) is 0 Å². The number of benzene rings is 1. The third-order valence-electron chi connectivity index (χ3n) is 3.05. The third kappa shape index (κ3) is 3.44. The van der Waals surface area contributed by atoms with Crippen molar-refractivity contribution in [1.29, 1.82) is 0 Å². The van der Waals surface area contributed by atoms with Gasteiger partial charge in [0.25, 0.3) is 0 Å². The van der Waals surface area contributed by atoms with E-state index < -0.39 is 0 Å². The van der Waals surface area contributed by atoms with Gasteiger partial charge in [-0.05, 0) is 74.9 Å². The van der Waals surface area contributed by atoms with Gasteiger partial charge < -0.3 is 15.5 Å². The maximum absolute atomic E-state index is 9.58. The molecule has 94 valence electrons. The highest BCUT2D eigenvalue weighted by molar-refractivity contribution is 9.11. The van der Waals surface area contributed by atoms with E-state index in [2.05, 4.69) is 37.2 Å². The van der Waals surface area contributed by atoms with Crippen LogP contribution < -0.4 is 5.32 Å². The average molecular weight is 365 g/mol.